The summed E-state index contributed by atoms with van der Waals surface area (Å²) in [5.74, 6) is 0. The molecular weight excluding hydrogens is 233 g/mol. The molecule has 1 aliphatic heterocycles. The van der Waals surface area contributed by atoms with E-state index in [0.717, 1.165) is 19.4 Å². The zero-order valence-electron chi connectivity index (χ0n) is 10.6. The SMILES string of the molecule is CN(CCC1NCCC1(C)C)COC(F)(F)F. The Labute approximate surface area is 100 Å². The molecule has 1 atom stereocenters. The molecule has 1 heterocycles. The number of nitrogens with one attached hydrogen (secondary N) is 1. The number of hydrogen-bond acceptors (Lipinski definition) is 3. The van der Waals surface area contributed by atoms with Crippen molar-refractivity contribution in [2.75, 3.05) is 26.9 Å². The highest BCUT2D eigenvalue weighted by molar-refractivity contribution is 4.90. The van der Waals surface area contributed by atoms with Crippen LogP contribution in [0.1, 0.15) is 26.7 Å². The Morgan fingerprint density at radius 2 is 2.06 bits per heavy atom. The Kier molecular flexibility index (Phi) is 4.80. The van der Waals surface area contributed by atoms with Crippen LogP contribution in [0.15, 0.2) is 0 Å². The maximum atomic E-state index is 11.8. The Balaban J connectivity index is 2.22. The van der Waals surface area contributed by atoms with Gasteiger partial charge in [0.15, 0.2) is 0 Å². The van der Waals surface area contributed by atoms with Gasteiger partial charge in [0.25, 0.3) is 0 Å². The molecule has 0 bridgehead atoms. The van der Waals surface area contributed by atoms with E-state index in [1.165, 1.54) is 0 Å². The molecule has 0 aromatic carbocycles. The van der Waals surface area contributed by atoms with Crippen molar-refractivity contribution in [1.29, 1.82) is 0 Å². The minimum absolute atomic E-state index is 0.228. The van der Waals surface area contributed by atoms with Gasteiger partial charge in [-0.1, -0.05) is 13.8 Å². The van der Waals surface area contributed by atoms with Crippen LogP contribution < -0.4 is 5.32 Å². The molecule has 3 nitrogen and oxygen atoms in total. The molecule has 1 fully saturated rings. The van der Waals surface area contributed by atoms with Crippen LogP contribution in [0.5, 0.6) is 0 Å². The molecule has 1 aliphatic rings. The van der Waals surface area contributed by atoms with E-state index in [1.807, 2.05) is 0 Å². The molecule has 0 spiro atoms. The van der Waals surface area contributed by atoms with E-state index < -0.39 is 13.1 Å². The predicted molar refractivity (Wildman–Crippen MR) is 59.4 cm³/mol. The lowest BCUT2D eigenvalue weighted by Crippen LogP contribution is -2.37. The highest BCUT2D eigenvalue weighted by atomic mass is 19.4. The summed E-state index contributed by atoms with van der Waals surface area (Å²) in [5.41, 5.74) is 0.228. The molecule has 0 saturated carbocycles. The van der Waals surface area contributed by atoms with E-state index in [-0.39, 0.29) is 5.41 Å². The van der Waals surface area contributed by atoms with Crippen molar-refractivity contribution in [3.63, 3.8) is 0 Å². The van der Waals surface area contributed by atoms with Crippen LogP contribution in [-0.4, -0.2) is 44.2 Å². The highest BCUT2D eigenvalue weighted by Gasteiger charge is 2.34. The van der Waals surface area contributed by atoms with Gasteiger partial charge < -0.3 is 5.32 Å². The van der Waals surface area contributed by atoms with E-state index in [2.05, 4.69) is 23.9 Å². The van der Waals surface area contributed by atoms with Gasteiger partial charge in [0.2, 0.25) is 0 Å². The van der Waals surface area contributed by atoms with Gasteiger partial charge >= 0.3 is 6.36 Å². The van der Waals surface area contributed by atoms with Gasteiger partial charge in [-0.25, -0.2) is 0 Å². The number of hydrogen-bond donors (Lipinski definition) is 1. The van der Waals surface area contributed by atoms with Gasteiger partial charge in [0, 0.05) is 12.6 Å². The molecule has 0 amide bonds. The van der Waals surface area contributed by atoms with Crippen LogP contribution in [0.2, 0.25) is 0 Å². The molecule has 6 heteroatoms. The molecule has 1 saturated heterocycles. The first kappa shape index (κ1) is 14.7. The molecule has 1 rings (SSSR count). The first-order valence-electron chi connectivity index (χ1n) is 5.83. The quantitative estimate of drug-likeness (QED) is 0.761. The van der Waals surface area contributed by atoms with Crippen molar-refractivity contribution in [2.24, 2.45) is 5.41 Å². The Hall–Kier alpha value is -0.330. The van der Waals surface area contributed by atoms with E-state index in [0.29, 0.717) is 12.6 Å². The van der Waals surface area contributed by atoms with E-state index in [1.54, 1.807) is 11.9 Å². The maximum absolute atomic E-state index is 11.8. The Morgan fingerprint density at radius 3 is 2.53 bits per heavy atom. The Morgan fingerprint density at radius 1 is 1.41 bits per heavy atom. The molecule has 0 radical (unpaired) electrons. The number of nitrogens with zero attached hydrogens (tertiary/aromatic N) is 1. The highest BCUT2D eigenvalue weighted by Crippen LogP contribution is 2.31. The van der Waals surface area contributed by atoms with Crippen LogP contribution in [0.25, 0.3) is 0 Å². The third kappa shape index (κ3) is 5.23. The number of ether oxygens (including phenoxy) is 1. The smallest absolute Gasteiger partial charge is 0.313 e. The normalized spacial score (nSPS) is 24.5. The van der Waals surface area contributed by atoms with Crippen LogP contribution in [0, 0.1) is 5.41 Å². The molecule has 1 unspecified atom stereocenters. The average molecular weight is 254 g/mol. The summed E-state index contributed by atoms with van der Waals surface area (Å²) in [6.07, 6.45) is -2.59. The zero-order valence-corrected chi connectivity index (χ0v) is 10.6. The lowest BCUT2D eigenvalue weighted by Gasteiger charge is -2.28. The minimum Gasteiger partial charge on any atom is -0.313 e. The zero-order chi connectivity index (χ0) is 13.1. The molecule has 17 heavy (non-hydrogen) atoms. The van der Waals surface area contributed by atoms with Crippen LogP contribution >= 0.6 is 0 Å². The van der Waals surface area contributed by atoms with Crippen molar-refractivity contribution in [3.05, 3.63) is 0 Å². The van der Waals surface area contributed by atoms with Crippen LogP contribution in [0.3, 0.4) is 0 Å². The largest absolute Gasteiger partial charge is 0.523 e. The van der Waals surface area contributed by atoms with Crippen LogP contribution in [0.4, 0.5) is 13.2 Å². The number of halogens is 3. The van der Waals surface area contributed by atoms with E-state index >= 15 is 0 Å². The van der Waals surface area contributed by atoms with E-state index in [9.17, 15) is 13.2 Å². The average Bonchev–Trinajstić information content (AvgIpc) is 2.50. The fourth-order valence-corrected chi connectivity index (χ4v) is 2.11. The molecule has 0 aromatic rings. The Bertz CT molecular complexity index is 243. The molecule has 0 aliphatic carbocycles. The summed E-state index contributed by atoms with van der Waals surface area (Å²) in [6, 6.07) is 0.371. The van der Waals surface area contributed by atoms with Crippen molar-refractivity contribution in [1.82, 2.24) is 10.2 Å². The second-order valence-corrected chi connectivity index (χ2v) is 5.33. The van der Waals surface area contributed by atoms with Gasteiger partial charge in [0.05, 0.1) is 0 Å². The number of alkyl halides is 3. The summed E-state index contributed by atoms with van der Waals surface area (Å²) in [6.45, 7) is 5.54. The van der Waals surface area contributed by atoms with Crippen LogP contribution in [-0.2, 0) is 4.74 Å². The summed E-state index contributed by atoms with van der Waals surface area (Å²) < 4.78 is 39.2. The second kappa shape index (κ2) is 5.54. The fraction of sp³-hybridized carbons (Fsp3) is 1.00. The van der Waals surface area contributed by atoms with Crippen molar-refractivity contribution in [3.8, 4) is 0 Å². The summed E-state index contributed by atoms with van der Waals surface area (Å²) in [7, 11) is 1.63. The lowest BCUT2D eigenvalue weighted by molar-refractivity contribution is -0.335. The molecule has 102 valence electrons. The predicted octanol–water partition coefficient (Wildman–Crippen LogP) is 2.19. The molecule has 0 aromatic heterocycles. The van der Waals surface area contributed by atoms with Gasteiger partial charge in [0.1, 0.15) is 6.73 Å². The fourth-order valence-electron chi connectivity index (χ4n) is 2.11. The topological polar surface area (TPSA) is 24.5 Å². The minimum atomic E-state index is -4.54. The van der Waals surface area contributed by atoms with Gasteiger partial charge in [-0.05, 0) is 31.8 Å². The first-order chi connectivity index (χ1) is 7.71. The monoisotopic (exact) mass is 254 g/mol. The molecular formula is C11H21F3N2O. The summed E-state index contributed by atoms with van der Waals surface area (Å²) in [5, 5.41) is 3.38. The number of rotatable bonds is 5. The van der Waals surface area contributed by atoms with Crippen molar-refractivity contribution < 1.29 is 17.9 Å². The lowest BCUT2D eigenvalue weighted by atomic mass is 9.83. The summed E-state index contributed by atoms with van der Waals surface area (Å²) in [4.78, 5) is 1.55. The first-order valence-corrected chi connectivity index (χ1v) is 5.83. The van der Waals surface area contributed by atoms with Crippen molar-refractivity contribution >= 4 is 0 Å². The third-order valence-corrected chi connectivity index (χ3v) is 3.35. The molecule has 1 N–H and O–H groups in total. The van der Waals surface area contributed by atoms with Gasteiger partial charge in [-0.15, -0.1) is 13.2 Å². The summed E-state index contributed by atoms with van der Waals surface area (Å²) >= 11 is 0. The van der Waals surface area contributed by atoms with E-state index in [4.69, 9.17) is 0 Å². The standard InChI is InChI=1S/C11H21F3N2O/c1-10(2)5-6-15-9(10)4-7-16(3)8-17-11(12,13)14/h9,15H,4-8H2,1-3H3. The second-order valence-electron chi connectivity index (χ2n) is 5.33. The maximum Gasteiger partial charge on any atom is 0.523 e. The third-order valence-electron chi connectivity index (χ3n) is 3.35. The van der Waals surface area contributed by atoms with Crippen molar-refractivity contribution in [2.45, 2.75) is 39.1 Å². The van der Waals surface area contributed by atoms with Gasteiger partial charge in [-0.3, -0.25) is 9.64 Å². The van der Waals surface area contributed by atoms with Gasteiger partial charge in [-0.2, -0.15) is 0 Å².